The van der Waals surface area contributed by atoms with Gasteiger partial charge in [0.15, 0.2) is 5.76 Å². The predicted octanol–water partition coefficient (Wildman–Crippen LogP) is 1.68. The smallest absolute Gasteiger partial charge is 0.289 e. The lowest BCUT2D eigenvalue weighted by Crippen LogP contribution is -2.47. The zero-order valence-corrected chi connectivity index (χ0v) is 12.6. The largest absolute Gasteiger partial charge is 0.455 e. The van der Waals surface area contributed by atoms with Gasteiger partial charge < -0.3 is 20.0 Å². The maximum absolute atomic E-state index is 12.4. The second-order valence-corrected chi connectivity index (χ2v) is 5.75. The molecule has 1 fully saturated rings. The van der Waals surface area contributed by atoms with Crippen LogP contribution in [0.15, 0.2) is 16.5 Å². The van der Waals surface area contributed by atoms with E-state index in [2.05, 4.69) is 18.7 Å². The molecule has 1 amide bonds. The summed E-state index contributed by atoms with van der Waals surface area (Å²) in [5.41, 5.74) is 5.50. The summed E-state index contributed by atoms with van der Waals surface area (Å²) in [6.45, 7) is 6.85. The molecule has 0 radical (unpaired) electrons. The third-order valence-corrected chi connectivity index (χ3v) is 4.17. The lowest BCUT2D eigenvalue weighted by molar-refractivity contribution is 0.0584. The van der Waals surface area contributed by atoms with Crippen LogP contribution in [0.25, 0.3) is 0 Å². The summed E-state index contributed by atoms with van der Waals surface area (Å²) < 4.78 is 5.44. The van der Waals surface area contributed by atoms with Gasteiger partial charge >= 0.3 is 0 Å². The van der Waals surface area contributed by atoms with E-state index < -0.39 is 0 Å². The van der Waals surface area contributed by atoms with E-state index in [4.69, 9.17) is 10.2 Å². The summed E-state index contributed by atoms with van der Waals surface area (Å²) in [5, 5.41) is 0. The molecular formula is C15H25N3O2. The van der Waals surface area contributed by atoms with E-state index in [1.807, 2.05) is 11.9 Å². The molecule has 0 spiro atoms. The fourth-order valence-electron chi connectivity index (χ4n) is 2.73. The number of carbonyl (C=O) groups excluding carboxylic acids is 1. The van der Waals surface area contributed by atoms with Crippen molar-refractivity contribution in [1.29, 1.82) is 0 Å². The van der Waals surface area contributed by atoms with E-state index in [0.717, 1.165) is 25.9 Å². The number of amides is 1. The molecule has 2 N–H and O–H groups in total. The Morgan fingerprint density at radius 2 is 2.10 bits per heavy atom. The quantitative estimate of drug-likeness (QED) is 0.911. The molecule has 0 aliphatic carbocycles. The summed E-state index contributed by atoms with van der Waals surface area (Å²) in [7, 11) is 1.86. The van der Waals surface area contributed by atoms with Crippen molar-refractivity contribution >= 4 is 5.91 Å². The molecule has 1 saturated heterocycles. The molecule has 2 heterocycles. The van der Waals surface area contributed by atoms with Gasteiger partial charge in [-0.15, -0.1) is 0 Å². The minimum atomic E-state index is -0.0484. The van der Waals surface area contributed by atoms with Crippen LogP contribution < -0.4 is 5.73 Å². The first-order chi connectivity index (χ1) is 9.52. The topological polar surface area (TPSA) is 62.7 Å². The zero-order valence-electron chi connectivity index (χ0n) is 12.6. The molecule has 0 saturated carbocycles. The number of hydrogen-bond donors (Lipinski definition) is 1. The summed E-state index contributed by atoms with van der Waals surface area (Å²) >= 11 is 0. The van der Waals surface area contributed by atoms with Crippen LogP contribution in [0.1, 0.15) is 43.0 Å². The summed E-state index contributed by atoms with van der Waals surface area (Å²) in [6, 6.07) is 4.35. The standard InChI is InChI=1S/C15H25N3O2/c1-11(2)18-8-6-12(7-9-18)17(3)15(19)14-5-4-13(10-16)20-14/h4-5,11-12H,6-10,16H2,1-3H3. The average Bonchev–Trinajstić information content (AvgIpc) is 2.94. The monoisotopic (exact) mass is 279 g/mol. The van der Waals surface area contributed by atoms with Gasteiger partial charge in [0.05, 0.1) is 6.54 Å². The number of carbonyl (C=O) groups is 1. The first kappa shape index (κ1) is 15.1. The van der Waals surface area contributed by atoms with Crippen LogP contribution in [-0.4, -0.2) is 47.9 Å². The van der Waals surface area contributed by atoms with Gasteiger partial charge in [0, 0.05) is 32.2 Å². The zero-order chi connectivity index (χ0) is 14.7. The van der Waals surface area contributed by atoms with Crippen molar-refractivity contribution in [3.63, 3.8) is 0 Å². The Hall–Kier alpha value is -1.33. The minimum absolute atomic E-state index is 0.0484. The number of hydrogen-bond acceptors (Lipinski definition) is 4. The number of nitrogens with zero attached hydrogens (tertiary/aromatic N) is 2. The number of piperidine rings is 1. The van der Waals surface area contributed by atoms with Crippen molar-refractivity contribution < 1.29 is 9.21 Å². The van der Waals surface area contributed by atoms with Gasteiger partial charge in [0.2, 0.25) is 0 Å². The lowest BCUT2D eigenvalue weighted by Gasteiger charge is -2.38. The van der Waals surface area contributed by atoms with Gasteiger partial charge in [-0.1, -0.05) is 0 Å². The third kappa shape index (κ3) is 3.22. The predicted molar refractivity (Wildman–Crippen MR) is 78.4 cm³/mol. The SMILES string of the molecule is CC(C)N1CCC(N(C)C(=O)c2ccc(CN)o2)CC1. The average molecular weight is 279 g/mol. The molecular weight excluding hydrogens is 254 g/mol. The van der Waals surface area contributed by atoms with Crippen LogP contribution in [0.4, 0.5) is 0 Å². The van der Waals surface area contributed by atoms with Gasteiger partial charge in [0.1, 0.15) is 5.76 Å². The van der Waals surface area contributed by atoms with Crippen molar-refractivity contribution in [2.24, 2.45) is 5.73 Å². The maximum Gasteiger partial charge on any atom is 0.289 e. The van der Waals surface area contributed by atoms with Crippen molar-refractivity contribution in [2.75, 3.05) is 20.1 Å². The van der Waals surface area contributed by atoms with Crippen LogP contribution in [0, 0.1) is 0 Å². The van der Waals surface area contributed by atoms with Gasteiger partial charge in [-0.05, 0) is 38.8 Å². The van der Waals surface area contributed by atoms with E-state index >= 15 is 0 Å². The number of likely N-dealkylation sites (tertiary alicyclic amines) is 1. The molecule has 20 heavy (non-hydrogen) atoms. The number of rotatable bonds is 4. The highest BCUT2D eigenvalue weighted by Gasteiger charge is 2.27. The van der Waals surface area contributed by atoms with E-state index in [1.165, 1.54) is 0 Å². The van der Waals surface area contributed by atoms with Crippen molar-refractivity contribution in [3.05, 3.63) is 23.7 Å². The first-order valence-electron chi connectivity index (χ1n) is 7.33. The van der Waals surface area contributed by atoms with Crippen LogP contribution in [0.2, 0.25) is 0 Å². The molecule has 112 valence electrons. The molecule has 5 nitrogen and oxygen atoms in total. The summed E-state index contributed by atoms with van der Waals surface area (Å²) in [4.78, 5) is 16.6. The number of nitrogens with two attached hydrogens (primary N) is 1. The second-order valence-electron chi connectivity index (χ2n) is 5.75. The van der Waals surface area contributed by atoms with Crippen LogP contribution in [0.5, 0.6) is 0 Å². The Balaban J connectivity index is 1.94. The minimum Gasteiger partial charge on any atom is -0.455 e. The molecule has 2 rings (SSSR count). The van der Waals surface area contributed by atoms with Gasteiger partial charge in [-0.25, -0.2) is 0 Å². The summed E-state index contributed by atoms with van der Waals surface area (Å²) in [6.07, 6.45) is 2.04. The molecule has 0 unspecified atom stereocenters. The molecule has 0 bridgehead atoms. The fraction of sp³-hybridized carbons (Fsp3) is 0.667. The highest BCUT2D eigenvalue weighted by molar-refractivity contribution is 5.91. The Morgan fingerprint density at radius 1 is 1.45 bits per heavy atom. The van der Waals surface area contributed by atoms with Crippen molar-refractivity contribution in [1.82, 2.24) is 9.80 Å². The van der Waals surface area contributed by atoms with E-state index in [9.17, 15) is 4.79 Å². The fourth-order valence-corrected chi connectivity index (χ4v) is 2.73. The molecule has 1 aromatic rings. The van der Waals surface area contributed by atoms with E-state index in [0.29, 0.717) is 30.1 Å². The van der Waals surface area contributed by atoms with Crippen LogP contribution in [0.3, 0.4) is 0 Å². The molecule has 0 atom stereocenters. The Bertz CT molecular complexity index is 448. The molecule has 1 aromatic heterocycles. The van der Waals surface area contributed by atoms with E-state index in [1.54, 1.807) is 12.1 Å². The highest BCUT2D eigenvalue weighted by Crippen LogP contribution is 2.19. The maximum atomic E-state index is 12.4. The second kappa shape index (κ2) is 6.41. The molecule has 1 aliphatic heterocycles. The first-order valence-corrected chi connectivity index (χ1v) is 7.33. The van der Waals surface area contributed by atoms with Crippen molar-refractivity contribution in [3.8, 4) is 0 Å². The molecule has 5 heteroatoms. The lowest BCUT2D eigenvalue weighted by atomic mass is 10.0. The Labute approximate surface area is 120 Å². The molecule has 1 aliphatic rings. The normalized spacial score (nSPS) is 17.6. The Morgan fingerprint density at radius 3 is 2.60 bits per heavy atom. The van der Waals surface area contributed by atoms with Crippen LogP contribution >= 0.6 is 0 Å². The Kier molecular flexibility index (Phi) is 4.83. The van der Waals surface area contributed by atoms with Gasteiger partial charge in [-0.3, -0.25) is 4.79 Å². The van der Waals surface area contributed by atoms with Gasteiger partial charge in [-0.2, -0.15) is 0 Å². The third-order valence-electron chi connectivity index (χ3n) is 4.17. The molecule has 0 aromatic carbocycles. The number of furan rings is 1. The van der Waals surface area contributed by atoms with Crippen molar-refractivity contribution in [2.45, 2.75) is 45.3 Å². The van der Waals surface area contributed by atoms with Gasteiger partial charge in [0.25, 0.3) is 5.91 Å². The summed E-state index contributed by atoms with van der Waals surface area (Å²) in [5.74, 6) is 0.989. The van der Waals surface area contributed by atoms with E-state index in [-0.39, 0.29) is 5.91 Å². The van der Waals surface area contributed by atoms with Crippen LogP contribution in [-0.2, 0) is 6.54 Å². The highest BCUT2D eigenvalue weighted by atomic mass is 16.4.